The largest absolute Gasteiger partial charge is 0.492 e. The topological polar surface area (TPSA) is 69.9 Å². The highest BCUT2D eigenvalue weighted by Gasteiger charge is 2.15. The van der Waals surface area contributed by atoms with Crippen LogP contribution in [0.2, 0.25) is 0 Å². The summed E-state index contributed by atoms with van der Waals surface area (Å²) in [5.74, 6) is 0.00880. The first-order chi connectivity index (χ1) is 13.6. The first-order valence-electron chi connectivity index (χ1n) is 9.05. The molecule has 0 aliphatic rings. The molecule has 0 aliphatic carbocycles. The van der Waals surface area contributed by atoms with Crippen molar-refractivity contribution in [2.45, 2.75) is 26.3 Å². The van der Waals surface area contributed by atoms with Crippen LogP contribution in [-0.4, -0.2) is 30.2 Å². The fourth-order valence-corrected chi connectivity index (χ4v) is 3.92. The maximum Gasteiger partial charge on any atom is 0.325 e. The van der Waals surface area contributed by atoms with E-state index < -0.39 is 5.97 Å². The molecule has 3 rings (SSSR count). The molecule has 0 spiro atoms. The minimum absolute atomic E-state index is 0.0363. The third kappa shape index (κ3) is 4.67. The quantitative estimate of drug-likeness (QED) is 0.573. The monoisotopic (exact) mass is 398 g/mol. The molecule has 3 aromatic rings. The highest BCUT2D eigenvalue weighted by molar-refractivity contribution is 7.16. The molecular formula is C21H22N2O4S. The van der Waals surface area contributed by atoms with E-state index in [2.05, 4.69) is 4.99 Å². The van der Waals surface area contributed by atoms with Gasteiger partial charge in [0.15, 0.2) is 4.80 Å². The summed E-state index contributed by atoms with van der Waals surface area (Å²) in [7, 11) is 1.34. The SMILES string of the molecule is CCOc1cccc2sc(=NC(=O)CCc3ccccc3)n(CC(=O)OC)c12. The average Bonchev–Trinajstić information content (AvgIpc) is 3.05. The van der Waals surface area contributed by atoms with Crippen molar-refractivity contribution in [2.24, 2.45) is 4.99 Å². The number of ether oxygens (including phenoxy) is 2. The number of benzene rings is 2. The molecule has 6 nitrogen and oxygen atoms in total. The molecule has 1 aromatic heterocycles. The number of thiazole rings is 1. The maximum absolute atomic E-state index is 12.5. The zero-order chi connectivity index (χ0) is 19.9. The number of methoxy groups -OCH3 is 1. The van der Waals surface area contributed by atoms with E-state index in [1.807, 2.05) is 55.5 Å². The molecule has 0 saturated heterocycles. The van der Waals surface area contributed by atoms with Crippen LogP contribution in [0.5, 0.6) is 5.75 Å². The van der Waals surface area contributed by atoms with Crippen LogP contribution >= 0.6 is 11.3 Å². The van der Waals surface area contributed by atoms with Gasteiger partial charge in [-0.2, -0.15) is 4.99 Å². The molecule has 0 aliphatic heterocycles. The Hall–Kier alpha value is -2.93. The van der Waals surface area contributed by atoms with E-state index in [1.165, 1.54) is 18.4 Å². The van der Waals surface area contributed by atoms with Crippen LogP contribution in [0.1, 0.15) is 18.9 Å². The normalized spacial score (nSPS) is 11.6. The summed E-state index contributed by atoms with van der Waals surface area (Å²) in [5, 5.41) is 0. The summed E-state index contributed by atoms with van der Waals surface area (Å²) >= 11 is 1.35. The van der Waals surface area contributed by atoms with Gasteiger partial charge in [-0.1, -0.05) is 47.7 Å². The Kier molecular flexibility index (Phi) is 6.60. The minimum atomic E-state index is -0.413. The lowest BCUT2D eigenvalue weighted by molar-refractivity contribution is -0.141. The Labute approximate surface area is 167 Å². The van der Waals surface area contributed by atoms with E-state index >= 15 is 0 Å². The van der Waals surface area contributed by atoms with E-state index in [-0.39, 0.29) is 12.5 Å². The van der Waals surface area contributed by atoms with E-state index in [0.717, 1.165) is 15.8 Å². The molecule has 0 radical (unpaired) electrons. The van der Waals surface area contributed by atoms with Crippen LogP contribution in [0.15, 0.2) is 53.5 Å². The van der Waals surface area contributed by atoms with Gasteiger partial charge in [0.25, 0.3) is 0 Å². The lowest BCUT2D eigenvalue weighted by Gasteiger charge is -2.08. The number of hydrogen-bond donors (Lipinski definition) is 0. The summed E-state index contributed by atoms with van der Waals surface area (Å²) in [4.78, 5) is 29.1. The number of amides is 1. The van der Waals surface area contributed by atoms with E-state index in [1.54, 1.807) is 4.57 Å². The van der Waals surface area contributed by atoms with Gasteiger partial charge < -0.3 is 14.0 Å². The van der Waals surface area contributed by atoms with Gasteiger partial charge >= 0.3 is 5.97 Å². The predicted molar refractivity (Wildman–Crippen MR) is 108 cm³/mol. The first-order valence-corrected chi connectivity index (χ1v) is 9.87. The number of rotatable bonds is 7. The summed E-state index contributed by atoms with van der Waals surface area (Å²) in [5.41, 5.74) is 1.83. The molecule has 2 aromatic carbocycles. The van der Waals surface area contributed by atoms with Gasteiger partial charge in [-0.3, -0.25) is 9.59 Å². The molecular weight excluding hydrogens is 376 g/mol. The predicted octanol–water partition coefficient (Wildman–Crippen LogP) is 3.33. The van der Waals surface area contributed by atoms with Gasteiger partial charge in [0.2, 0.25) is 5.91 Å². The van der Waals surface area contributed by atoms with Crippen LogP contribution in [0.4, 0.5) is 0 Å². The van der Waals surface area contributed by atoms with Crippen molar-refractivity contribution in [3.8, 4) is 5.75 Å². The van der Waals surface area contributed by atoms with Gasteiger partial charge in [-0.05, 0) is 31.0 Å². The Morgan fingerprint density at radius 1 is 1.11 bits per heavy atom. The van der Waals surface area contributed by atoms with Gasteiger partial charge in [0.1, 0.15) is 17.8 Å². The number of esters is 1. The van der Waals surface area contributed by atoms with Crippen LogP contribution in [0, 0.1) is 0 Å². The van der Waals surface area contributed by atoms with E-state index in [4.69, 9.17) is 9.47 Å². The molecule has 0 bridgehead atoms. The highest BCUT2D eigenvalue weighted by atomic mass is 32.1. The third-order valence-electron chi connectivity index (χ3n) is 4.17. The van der Waals surface area contributed by atoms with Crippen molar-refractivity contribution in [1.82, 2.24) is 4.57 Å². The Balaban J connectivity index is 1.97. The lowest BCUT2D eigenvalue weighted by Crippen LogP contribution is -2.22. The Morgan fingerprint density at radius 2 is 1.89 bits per heavy atom. The fourth-order valence-electron chi connectivity index (χ4n) is 2.85. The molecule has 146 valence electrons. The summed E-state index contributed by atoms with van der Waals surface area (Å²) < 4.78 is 13.1. The molecule has 0 N–H and O–H groups in total. The van der Waals surface area contributed by atoms with E-state index in [9.17, 15) is 9.59 Å². The summed E-state index contributed by atoms with van der Waals surface area (Å²) in [6.45, 7) is 2.36. The van der Waals surface area contributed by atoms with Crippen molar-refractivity contribution in [3.05, 3.63) is 58.9 Å². The van der Waals surface area contributed by atoms with Crippen LogP contribution in [0.25, 0.3) is 10.2 Å². The second-order valence-corrected chi connectivity index (χ2v) is 7.08. The van der Waals surface area contributed by atoms with Crippen molar-refractivity contribution in [1.29, 1.82) is 0 Å². The minimum Gasteiger partial charge on any atom is -0.492 e. The van der Waals surface area contributed by atoms with Gasteiger partial charge in [-0.15, -0.1) is 0 Å². The summed E-state index contributed by atoms with van der Waals surface area (Å²) in [6, 6.07) is 15.4. The number of carbonyl (C=O) groups excluding carboxylic acids is 2. The number of fused-ring (bicyclic) bond motifs is 1. The third-order valence-corrected chi connectivity index (χ3v) is 5.21. The van der Waals surface area contributed by atoms with Crippen molar-refractivity contribution < 1.29 is 19.1 Å². The van der Waals surface area contributed by atoms with Crippen molar-refractivity contribution in [3.63, 3.8) is 0 Å². The second kappa shape index (κ2) is 9.32. The average molecular weight is 398 g/mol. The molecule has 0 fully saturated rings. The summed E-state index contributed by atoms with van der Waals surface area (Å²) in [6.07, 6.45) is 0.921. The molecule has 0 saturated carbocycles. The molecule has 1 heterocycles. The first kappa shape index (κ1) is 19.8. The number of nitrogens with zero attached hydrogens (tertiary/aromatic N) is 2. The Morgan fingerprint density at radius 3 is 2.61 bits per heavy atom. The fraction of sp³-hybridized carbons (Fsp3) is 0.286. The number of para-hydroxylation sites is 1. The van der Waals surface area contributed by atoms with E-state index in [0.29, 0.717) is 30.0 Å². The van der Waals surface area contributed by atoms with Gasteiger partial charge in [-0.25, -0.2) is 0 Å². The zero-order valence-corrected chi connectivity index (χ0v) is 16.7. The molecule has 0 unspecified atom stereocenters. The molecule has 28 heavy (non-hydrogen) atoms. The smallest absolute Gasteiger partial charge is 0.325 e. The van der Waals surface area contributed by atoms with Gasteiger partial charge in [0, 0.05) is 6.42 Å². The van der Waals surface area contributed by atoms with Crippen LogP contribution in [0.3, 0.4) is 0 Å². The Bertz CT molecular complexity index is 1040. The molecule has 1 amide bonds. The van der Waals surface area contributed by atoms with Crippen molar-refractivity contribution in [2.75, 3.05) is 13.7 Å². The van der Waals surface area contributed by atoms with Crippen molar-refractivity contribution >= 4 is 33.4 Å². The maximum atomic E-state index is 12.5. The second-order valence-electron chi connectivity index (χ2n) is 6.07. The zero-order valence-electron chi connectivity index (χ0n) is 15.9. The standard InChI is InChI=1S/C21H22N2O4S/c1-3-27-16-10-7-11-17-20(16)23(14-19(25)26-2)21(28-17)22-18(24)13-12-15-8-5-4-6-9-15/h4-11H,3,12-14H2,1-2H3. The number of aryl methyl sites for hydroxylation is 1. The number of aromatic nitrogens is 1. The molecule has 0 atom stereocenters. The van der Waals surface area contributed by atoms with Crippen LogP contribution in [-0.2, 0) is 27.3 Å². The lowest BCUT2D eigenvalue weighted by atomic mass is 10.1. The highest BCUT2D eigenvalue weighted by Crippen LogP contribution is 2.27. The number of carbonyl (C=O) groups is 2. The van der Waals surface area contributed by atoms with Gasteiger partial charge in [0.05, 0.1) is 18.4 Å². The van der Waals surface area contributed by atoms with Crippen LogP contribution < -0.4 is 9.54 Å². The number of hydrogen-bond acceptors (Lipinski definition) is 5. The molecule has 7 heteroatoms.